The Morgan fingerprint density at radius 1 is 1.00 bits per heavy atom. The highest BCUT2D eigenvalue weighted by atomic mass is 32.2. The molecule has 1 fully saturated rings. The lowest BCUT2D eigenvalue weighted by atomic mass is 10.2. The Morgan fingerprint density at radius 3 is 2.28 bits per heavy atom. The number of alkyl halides is 3. The van der Waals surface area contributed by atoms with Crippen LogP contribution < -0.4 is 5.32 Å². The fourth-order valence-electron chi connectivity index (χ4n) is 3.61. The molecule has 170 valence electrons. The van der Waals surface area contributed by atoms with Crippen molar-refractivity contribution >= 4 is 42.6 Å². The molecule has 4 rings (SSSR count). The number of carbonyl (C=O) groups is 1. The predicted octanol–water partition coefficient (Wildman–Crippen LogP) is 5.13. The highest BCUT2D eigenvalue weighted by Gasteiger charge is 2.34. The van der Waals surface area contributed by atoms with Gasteiger partial charge in [0.2, 0.25) is 10.0 Å². The summed E-state index contributed by atoms with van der Waals surface area (Å²) in [6.07, 6.45) is -0.915. The van der Waals surface area contributed by atoms with E-state index in [9.17, 15) is 26.4 Å². The van der Waals surface area contributed by atoms with Crippen LogP contribution in [0.2, 0.25) is 0 Å². The minimum atomic E-state index is -4.55. The summed E-state index contributed by atoms with van der Waals surface area (Å²) in [5.41, 5.74) is -0.913. The van der Waals surface area contributed by atoms with Crippen molar-refractivity contribution in [1.29, 1.82) is 0 Å². The number of anilines is 1. The molecule has 0 unspecified atom stereocenters. The Bertz CT molecular complexity index is 1230. The Balaban J connectivity index is 1.52. The Kier molecular flexibility index (Phi) is 6.24. The molecular weight excluding hydrogens is 463 g/mol. The van der Waals surface area contributed by atoms with Crippen LogP contribution in [0.1, 0.15) is 41.6 Å². The lowest BCUT2D eigenvalue weighted by molar-refractivity contribution is -0.136. The molecule has 1 saturated heterocycles. The molecule has 11 heteroatoms. The molecule has 3 aromatic rings. The van der Waals surface area contributed by atoms with Crippen molar-refractivity contribution in [2.24, 2.45) is 0 Å². The number of nitrogens with zero attached hydrogens (tertiary/aromatic N) is 2. The zero-order valence-corrected chi connectivity index (χ0v) is 18.5. The molecule has 32 heavy (non-hydrogen) atoms. The highest BCUT2D eigenvalue weighted by molar-refractivity contribution is 7.89. The van der Waals surface area contributed by atoms with E-state index >= 15 is 0 Å². The van der Waals surface area contributed by atoms with E-state index in [-0.39, 0.29) is 21.1 Å². The van der Waals surface area contributed by atoms with Gasteiger partial charge < -0.3 is 0 Å². The molecule has 0 bridgehead atoms. The van der Waals surface area contributed by atoms with Gasteiger partial charge in [-0.05, 0) is 49.2 Å². The van der Waals surface area contributed by atoms with Crippen LogP contribution in [0.15, 0.2) is 47.4 Å². The summed E-state index contributed by atoms with van der Waals surface area (Å²) in [5, 5.41) is 2.53. The van der Waals surface area contributed by atoms with Gasteiger partial charge in [0, 0.05) is 18.7 Å². The van der Waals surface area contributed by atoms with Gasteiger partial charge >= 0.3 is 6.18 Å². The molecule has 1 aliphatic heterocycles. The quantitative estimate of drug-likeness (QED) is 0.558. The molecule has 1 aromatic heterocycles. The second-order valence-corrected chi connectivity index (χ2v) is 10.4. The normalized spacial score (nSPS) is 16.1. The minimum absolute atomic E-state index is 0.0305. The van der Waals surface area contributed by atoms with Crippen LogP contribution in [-0.2, 0) is 16.2 Å². The van der Waals surface area contributed by atoms with Crippen LogP contribution in [0.25, 0.3) is 10.2 Å². The second-order valence-electron chi connectivity index (χ2n) is 7.47. The summed E-state index contributed by atoms with van der Waals surface area (Å²) in [4.78, 5) is 16.6. The van der Waals surface area contributed by atoms with Gasteiger partial charge in [0.15, 0.2) is 5.13 Å². The fraction of sp³-hybridized carbons (Fsp3) is 0.333. The predicted molar refractivity (Wildman–Crippen MR) is 116 cm³/mol. The molecular formula is C21H20F3N3O3S2. The van der Waals surface area contributed by atoms with Crippen LogP contribution in [0, 0.1) is 0 Å². The lowest BCUT2D eigenvalue weighted by Crippen LogP contribution is -2.31. The first kappa shape index (κ1) is 22.7. The molecule has 2 heterocycles. The zero-order valence-electron chi connectivity index (χ0n) is 16.9. The van der Waals surface area contributed by atoms with E-state index in [4.69, 9.17) is 0 Å². The summed E-state index contributed by atoms with van der Waals surface area (Å²) in [7, 11) is -3.64. The van der Waals surface area contributed by atoms with E-state index in [1.807, 2.05) is 0 Å². The average molecular weight is 484 g/mol. The summed E-state index contributed by atoms with van der Waals surface area (Å²) < 4.78 is 67.0. The Morgan fingerprint density at radius 2 is 1.66 bits per heavy atom. The topological polar surface area (TPSA) is 79.4 Å². The number of rotatable bonds is 4. The molecule has 1 amide bonds. The fourth-order valence-corrected chi connectivity index (χ4v) is 6.01. The molecule has 0 radical (unpaired) electrons. The van der Waals surface area contributed by atoms with Crippen molar-refractivity contribution < 1.29 is 26.4 Å². The van der Waals surface area contributed by atoms with Gasteiger partial charge in [-0.15, -0.1) is 0 Å². The number of benzene rings is 2. The molecule has 2 aromatic carbocycles. The third kappa shape index (κ3) is 4.64. The van der Waals surface area contributed by atoms with Crippen molar-refractivity contribution in [2.45, 2.75) is 36.8 Å². The summed E-state index contributed by atoms with van der Waals surface area (Å²) >= 11 is 0.933. The maximum atomic E-state index is 13.2. The third-order valence-corrected chi connectivity index (χ3v) is 8.11. The maximum absolute atomic E-state index is 13.2. The second kappa shape index (κ2) is 8.80. The number of aromatic nitrogens is 1. The number of fused-ring (bicyclic) bond motifs is 1. The molecule has 1 N–H and O–H groups in total. The van der Waals surface area contributed by atoms with Crippen LogP contribution in [0.3, 0.4) is 0 Å². The van der Waals surface area contributed by atoms with Gasteiger partial charge in [-0.3, -0.25) is 10.1 Å². The summed E-state index contributed by atoms with van der Waals surface area (Å²) in [5.74, 6) is -0.587. The van der Waals surface area contributed by atoms with Gasteiger partial charge in [0.25, 0.3) is 5.91 Å². The van der Waals surface area contributed by atoms with E-state index in [0.717, 1.165) is 43.1 Å². The van der Waals surface area contributed by atoms with Crippen LogP contribution in [0.5, 0.6) is 0 Å². The average Bonchev–Trinajstić information content (AvgIpc) is 2.95. The number of amides is 1. The van der Waals surface area contributed by atoms with Crippen molar-refractivity contribution in [2.75, 3.05) is 18.4 Å². The largest absolute Gasteiger partial charge is 0.418 e. The first-order valence-corrected chi connectivity index (χ1v) is 12.3. The van der Waals surface area contributed by atoms with Gasteiger partial charge in [-0.1, -0.05) is 30.2 Å². The Labute approximate surface area is 187 Å². The van der Waals surface area contributed by atoms with E-state index < -0.39 is 27.7 Å². The number of para-hydroxylation sites is 1. The summed E-state index contributed by atoms with van der Waals surface area (Å²) in [6.45, 7) is 0.949. The number of nitrogens with one attached hydrogen (secondary N) is 1. The summed E-state index contributed by atoms with van der Waals surface area (Å²) in [6, 6.07) is 9.24. The van der Waals surface area contributed by atoms with Crippen LogP contribution >= 0.6 is 11.3 Å². The third-order valence-electron chi connectivity index (χ3n) is 5.26. The molecule has 0 spiro atoms. The smallest absolute Gasteiger partial charge is 0.298 e. The SMILES string of the molecule is O=C(Nc1nc2c(C(F)(F)F)cccc2s1)c1ccc(S(=O)(=O)N2CCCCCC2)cc1. The van der Waals surface area contributed by atoms with Crippen LogP contribution in [0.4, 0.5) is 18.3 Å². The van der Waals surface area contributed by atoms with Crippen molar-refractivity contribution in [3.8, 4) is 0 Å². The molecule has 0 aliphatic carbocycles. The van der Waals surface area contributed by atoms with E-state index in [2.05, 4.69) is 10.3 Å². The first-order valence-electron chi connectivity index (χ1n) is 10.0. The number of carbonyl (C=O) groups excluding carboxylic acids is 1. The highest BCUT2D eigenvalue weighted by Crippen LogP contribution is 2.37. The lowest BCUT2D eigenvalue weighted by Gasteiger charge is -2.20. The molecule has 6 nitrogen and oxygen atoms in total. The van der Waals surface area contributed by atoms with Gasteiger partial charge in [-0.2, -0.15) is 17.5 Å². The number of thiazole rings is 1. The van der Waals surface area contributed by atoms with Crippen molar-refractivity contribution in [1.82, 2.24) is 9.29 Å². The molecule has 0 atom stereocenters. The Hall–Kier alpha value is -2.50. The van der Waals surface area contributed by atoms with E-state index in [0.29, 0.717) is 17.8 Å². The van der Waals surface area contributed by atoms with Gasteiger partial charge in [-0.25, -0.2) is 13.4 Å². The molecule has 0 saturated carbocycles. The van der Waals surface area contributed by atoms with E-state index in [1.54, 1.807) is 0 Å². The van der Waals surface area contributed by atoms with Crippen molar-refractivity contribution in [3.63, 3.8) is 0 Å². The molecule has 1 aliphatic rings. The first-order chi connectivity index (χ1) is 15.2. The number of sulfonamides is 1. The number of halogens is 3. The number of hydrogen-bond donors (Lipinski definition) is 1. The zero-order chi connectivity index (χ0) is 22.9. The van der Waals surface area contributed by atoms with Crippen molar-refractivity contribution in [3.05, 3.63) is 53.6 Å². The van der Waals surface area contributed by atoms with E-state index in [1.165, 1.54) is 40.7 Å². The standard InChI is InChI=1S/C21H20F3N3O3S2/c22-21(23,24)16-6-5-7-17-18(16)25-20(31-17)26-19(28)14-8-10-15(11-9-14)32(29,30)27-12-3-1-2-4-13-27/h5-11H,1-4,12-13H2,(H,25,26,28). The minimum Gasteiger partial charge on any atom is -0.298 e. The van der Waals surface area contributed by atoms with Gasteiger partial charge in [0.1, 0.15) is 0 Å². The number of hydrogen-bond acceptors (Lipinski definition) is 5. The maximum Gasteiger partial charge on any atom is 0.418 e. The van der Waals surface area contributed by atoms with Crippen LogP contribution in [-0.4, -0.2) is 36.7 Å². The van der Waals surface area contributed by atoms with Gasteiger partial charge in [0.05, 0.1) is 20.7 Å². The monoisotopic (exact) mass is 483 g/mol.